The molecule has 1 aromatic carbocycles. The third-order valence-corrected chi connectivity index (χ3v) is 2.83. The van der Waals surface area contributed by atoms with Gasteiger partial charge in [0.25, 0.3) is 6.01 Å². The molecule has 1 atom stereocenters. The quantitative estimate of drug-likeness (QED) is 0.782. The number of ether oxygens (including phenoxy) is 1. The number of benzene rings is 1. The van der Waals surface area contributed by atoms with Crippen LogP contribution < -0.4 is 4.74 Å². The molecule has 0 saturated heterocycles. The van der Waals surface area contributed by atoms with Crippen LogP contribution in [-0.2, 0) is 0 Å². The average molecular weight is 262 g/mol. The van der Waals surface area contributed by atoms with Crippen molar-refractivity contribution in [1.82, 2.24) is 9.55 Å². The zero-order chi connectivity index (χ0) is 13.8. The predicted octanol–water partition coefficient (Wildman–Crippen LogP) is 2.84. The van der Waals surface area contributed by atoms with E-state index in [-0.39, 0.29) is 11.9 Å². The first-order valence-electron chi connectivity index (χ1n) is 6.20. The first-order chi connectivity index (χ1) is 9.29. The summed E-state index contributed by atoms with van der Waals surface area (Å²) >= 11 is 0. The maximum Gasteiger partial charge on any atom is 0.297 e. The minimum Gasteiger partial charge on any atom is -0.462 e. The lowest BCUT2D eigenvalue weighted by Crippen LogP contribution is -2.11. The van der Waals surface area contributed by atoms with E-state index < -0.39 is 0 Å². The number of hydrogen-bond acceptors (Lipinski definition) is 3. The lowest BCUT2D eigenvalue weighted by molar-refractivity contribution is 0.111. The van der Waals surface area contributed by atoms with E-state index in [2.05, 4.69) is 4.98 Å². The second kappa shape index (κ2) is 5.65. The number of fused-ring (bicyclic) bond motifs is 1. The standard InChI is InChI=1S/C12H9FN2O2.C2H6/c13-9-3-1-2-8(4-9)11-7-17-12-14-5-10(6-16)15(11)12;1-2/h1-6,11H,7H2;1-2H3. The van der Waals surface area contributed by atoms with Gasteiger partial charge in [0.2, 0.25) is 0 Å². The van der Waals surface area contributed by atoms with E-state index in [0.717, 1.165) is 11.8 Å². The molecule has 0 aliphatic carbocycles. The van der Waals surface area contributed by atoms with Crippen molar-refractivity contribution in [2.75, 3.05) is 6.61 Å². The van der Waals surface area contributed by atoms with E-state index in [0.29, 0.717) is 18.3 Å². The highest BCUT2D eigenvalue weighted by molar-refractivity contribution is 5.72. The highest BCUT2D eigenvalue weighted by Crippen LogP contribution is 2.31. The Kier molecular flexibility index (Phi) is 3.94. The first kappa shape index (κ1) is 13.3. The molecular formula is C14H15FN2O2. The molecule has 1 unspecified atom stereocenters. The van der Waals surface area contributed by atoms with Gasteiger partial charge in [0.05, 0.1) is 12.2 Å². The Morgan fingerprint density at radius 3 is 2.95 bits per heavy atom. The summed E-state index contributed by atoms with van der Waals surface area (Å²) in [6.07, 6.45) is 2.17. The Morgan fingerprint density at radius 1 is 1.47 bits per heavy atom. The third-order valence-electron chi connectivity index (χ3n) is 2.83. The largest absolute Gasteiger partial charge is 0.462 e. The average Bonchev–Trinajstić information content (AvgIpc) is 3.02. The van der Waals surface area contributed by atoms with Gasteiger partial charge in [-0.2, -0.15) is 0 Å². The Hall–Kier alpha value is -2.17. The van der Waals surface area contributed by atoms with Gasteiger partial charge in [-0.3, -0.25) is 9.36 Å². The molecule has 0 spiro atoms. The molecule has 0 bridgehead atoms. The minimum absolute atomic E-state index is 0.191. The number of aldehydes is 1. The number of nitrogens with zero attached hydrogens (tertiary/aromatic N) is 2. The SMILES string of the molecule is CC.O=Cc1cnc2n1C(c1cccc(F)c1)CO2. The smallest absolute Gasteiger partial charge is 0.297 e. The van der Waals surface area contributed by atoms with Crippen LogP contribution in [0, 0.1) is 5.82 Å². The molecule has 0 fully saturated rings. The van der Waals surface area contributed by atoms with Crippen molar-refractivity contribution in [2.24, 2.45) is 0 Å². The second-order valence-corrected chi connectivity index (χ2v) is 3.84. The van der Waals surface area contributed by atoms with Crippen molar-refractivity contribution in [2.45, 2.75) is 19.9 Å². The zero-order valence-electron chi connectivity index (χ0n) is 10.8. The number of carbonyl (C=O) groups is 1. The fourth-order valence-electron chi connectivity index (χ4n) is 2.05. The number of rotatable bonds is 2. The maximum atomic E-state index is 13.2. The Labute approximate surface area is 110 Å². The minimum atomic E-state index is -0.302. The maximum absolute atomic E-state index is 13.2. The van der Waals surface area contributed by atoms with Crippen molar-refractivity contribution < 1.29 is 13.9 Å². The lowest BCUT2D eigenvalue weighted by Gasteiger charge is -2.11. The van der Waals surface area contributed by atoms with Gasteiger partial charge in [0.15, 0.2) is 6.29 Å². The number of halogens is 1. The third kappa shape index (κ3) is 2.36. The van der Waals surface area contributed by atoms with E-state index in [9.17, 15) is 9.18 Å². The summed E-state index contributed by atoms with van der Waals surface area (Å²) in [5.74, 6) is -0.302. The zero-order valence-corrected chi connectivity index (χ0v) is 10.8. The van der Waals surface area contributed by atoms with Gasteiger partial charge in [-0.15, -0.1) is 0 Å². The molecule has 19 heavy (non-hydrogen) atoms. The monoisotopic (exact) mass is 262 g/mol. The molecule has 0 saturated carbocycles. The van der Waals surface area contributed by atoms with Gasteiger partial charge in [0.1, 0.15) is 18.1 Å². The highest BCUT2D eigenvalue weighted by Gasteiger charge is 2.28. The van der Waals surface area contributed by atoms with Crippen molar-refractivity contribution in [1.29, 1.82) is 0 Å². The fourth-order valence-corrected chi connectivity index (χ4v) is 2.05. The van der Waals surface area contributed by atoms with Gasteiger partial charge in [0, 0.05) is 0 Å². The molecule has 0 radical (unpaired) electrons. The van der Waals surface area contributed by atoms with Gasteiger partial charge >= 0.3 is 0 Å². The van der Waals surface area contributed by atoms with Crippen molar-refractivity contribution in [3.05, 3.63) is 47.5 Å². The van der Waals surface area contributed by atoms with Crippen LogP contribution in [0.3, 0.4) is 0 Å². The van der Waals surface area contributed by atoms with Gasteiger partial charge in [-0.25, -0.2) is 9.37 Å². The first-order valence-corrected chi connectivity index (χ1v) is 6.20. The number of carbonyl (C=O) groups excluding carboxylic acids is 1. The molecule has 100 valence electrons. The predicted molar refractivity (Wildman–Crippen MR) is 69.0 cm³/mol. The molecule has 3 rings (SSSR count). The molecular weight excluding hydrogens is 247 g/mol. The summed E-state index contributed by atoms with van der Waals surface area (Å²) < 4.78 is 20.2. The van der Waals surface area contributed by atoms with Crippen LogP contribution in [0.5, 0.6) is 6.01 Å². The van der Waals surface area contributed by atoms with Crippen LogP contribution in [0.2, 0.25) is 0 Å². The Bertz CT molecular complexity index is 581. The van der Waals surface area contributed by atoms with Crippen LogP contribution in [0.1, 0.15) is 35.9 Å². The summed E-state index contributed by atoms with van der Waals surface area (Å²) in [5, 5.41) is 0. The summed E-state index contributed by atoms with van der Waals surface area (Å²) in [5.41, 5.74) is 1.21. The van der Waals surface area contributed by atoms with Gasteiger partial charge in [-0.05, 0) is 17.7 Å². The second-order valence-electron chi connectivity index (χ2n) is 3.84. The molecule has 4 nitrogen and oxygen atoms in total. The summed E-state index contributed by atoms with van der Waals surface area (Å²) in [6.45, 7) is 4.37. The molecule has 5 heteroatoms. The number of aromatic nitrogens is 2. The summed E-state index contributed by atoms with van der Waals surface area (Å²) in [6, 6.07) is 6.48. The van der Waals surface area contributed by atoms with E-state index in [4.69, 9.17) is 4.74 Å². The van der Waals surface area contributed by atoms with Gasteiger partial charge < -0.3 is 4.74 Å². The topological polar surface area (TPSA) is 44.1 Å². The number of hydrogen-bond donors (Lipinski definition) is 0. The van der Waals surface area contributed by atoms with E-state index in [1.165, 1.54) is 18.3 Å². The highest BCUT2D eigenvalue weighted by atomic mass is 19.1. The Balaban J connectivity index is 0.000000637. The van der Waals surface area contributed by atoms with E-state index in [1.54, 1.807) is 16.7 Å². The van der Waals surface area contributed by atoms with E-state index in [1.807, 2.05) is 13.8 Å². The van der Waals surface area contributed by atoms with Crippen LogP contribution in [0.25, 0.3) is 0 Å². The lowest BCUT2D eigenvalue weighted by atomic mass is 10.1. The van der Waals surface area contributed by atoms with E-state index >= 15 is 0 Å². The van der Waals surface area contributed by atoms with Crippen LogP contribution in [0.4, 0.5) is 4.39 Å². The summed E-state index contributed by atoms with van der Waals surface area (Å²) in [7, 11) is 0. The summed E-state index contributed by atoms with van der Waals surface area (Å²) in [4.78, 5) is 14.9. The molecule has 1 aliphatic rings. The van der Waals surface area contributed by atoms with Crippen molar-refractivity contribution in [3.63, 3.8) is 0 Å². The molecule has 2 heterocycles. The molecule has 0 N–H and O–H groups in total. The van der Waals surface area contributed by atoms with Crippen LogP contribution in [0.15, 0.2) is 30.5 Å². The molecule has 1 aliphatic heterocycles. The molecule has 1 aromatic heterocycles. The Morgan fingerprint density at radius 2 is 2.26 bits per heavy atom. The van der Waals surface area contributed by atoms with Crippen molar-refractivity contribution >= 4 is 6.29 Å². The molecule has 2 aromatic rings. The molecule has 0 amide bonds. The van der Waals surface area contributed by atoms with Crippen LogP contribution in [-0.4, -0.2) is 22.4 Å². The van der Waals surface area contributed by atoms with Crippen molar-refractivity contribution in [3.8, 4) is 6.01 Å². The fraction of sp³-hybridized carbons (Fsp3) is 0.286. The van der Waals surface area contributed by atoms with Gasteiger partial charge in [-0.1, -0.05) is 26.0 Å². The van der Waals surface area contributed by atoms with Crippen LogP contribution >= 0.6 is 0 Å². The number of imidazole rings is 1. The normalized spacial score (nSPS) is 16.1.